The van der Waals surface area contributed by atoms with Crippen molar-refractivity contribution in [1.82, 2.24) is 14.8 Å². The Morgan fingerprint density at radius 2 is 2.30 bits per heavy atom. The number of thiophene rings is 1. The molecule has 20 heavy (non-hydrogen) atoms. The fourth-order valence-corrected chi connectivity index (χ4v) is 3.07. The number of hydrogen-bond donors (Lipinski definition) is 1. The summed E-state index contributed by atoms with van der Waals surface area (Å²) in [5.41, 5.74) is 0. The Morgan fingerprint density at radius 1 is 1.55 bits per heavy atom. The lowest BCUT2D eigenvalue weighted by molar-refractivity contribution is -0.380. The van der Waals surface area contributed by atoms with E-state index in [-0.39, 0.29) is 10.8 Å². The van der Waals surface area contributed by atoms with Gasteiger partial charge in [0.2, 0.25) is 0 Å². The standard InChI is InChI=1S/C10H10N4O4S2/c1-2-13-9(6-3-4-7(20-6)14(17)18)11-12-10(13)19-5-8(15)16/h3-4H,2,5H2,1H3,(H,15,16). The number of carbonyl (C=O) groups is 1. The average molecular weight is 314 g/mol. The van der Waals surface area contributed by atoms with Crippen LogP contribution in [0.2, 0.25) is 0 Å². The minimum atomic E-state index is -0.936. The molecule has 2 heterocycles. The molecule has 0 unspecified atom stereocenters. The minimum absolute atomic E-state index is 0.0328. The van der Waals surface area contributed by atoms with E-state index in [1.807, 2.05) is 6.92 Å². The zero-order valence-electron chi connectivity index (χ0n) is 10.3. The predicted octanol–water partition coefficient (Wildman–Crippen LogP) is 2.11. The highest BCUT2D eigenvalue weighted by molar-refractivity contribution is 7.99. The van der Waals surface area contributed by atoms with E-state index in [1.165, 1.54) is 6.07 Å². The zero-order chi connectivity index (χ0) is 14.7. The van der Waals surface area contributed by atoms with Crippen molar-refractivity contribution in [3.8, 4) is 10.7 Å². The first-order valence-electron chi connectivity index (χ1n) is 5.55. The molecule has 106 valence electrons. The molecular formula is C10H10N4O4S2. The molecule has 0 aliphatic heterocycles. The van der Waals surface area contributed by atoms with Gasteiger partial charge in [-0.15, -0.1) is 10.2 Å². The monoisotopic (exact) mass is 314 g/mol. The Hall–Kier alpha value is -1.94. The van der Waals surface area contributed by atoms with Gasteiger partial charge in [-0.3, -0.25) is 14.9 Å². The second-order valence-corrected chi connectivity index (χ2v) is 5.63. The molecule has 0 atom stereocenters. The van der Waals surface area contributed by atoms with Gasteiger partial charge in [-0.05, 0) is 13.0 Å². The lowest BCUT2D eigenvalue weighted by Gasteiger charge is -2.04. The Labute approximate surface area is 121 Å². The van der Waals surface area contributed by atoms with Crippen LogP contribution in [0, 0.1) is 10.1 Å². The number of aromatic nitrogens is 3. The van der Waals surface area contributed by atoms with Crippen LogP contribution in [-0.2, 0) is 11.3 Å². The van der Waals surface area contributed by atoms with E-state index in [2.05, 4.69) is 10.2 Å². The third-order valence-corrected chi connectivity index (χ3v) is 4.33. The zero-order valence-corrected chi connectivity index (χ0v) is 12.0. The smallest absolute Gasteiger partial charge is 0.324 e. The molecule has 1 N–H and O–H groups in total. The molecule has 0 bridgehead atoms. The summed E-state index contributed by atoms with van der Waals surface area (Å²) in [5.74, 6) is -0.532. The van der Waals surface area contributed by atoms with E-state index in [9.17, 15) is 14.9 Å². The molecule has 0 saturated carbocycles. The minimum Gasteiger partial charge on any atom is -0.481 e. The summed E-state index contributed by atoms with van der Waals surface area (Å²) < 4.78 is 1.74. The molecule has 0 fully saturated rings. The van der Waals surface area contributed by atoms with Crippen LogP contribution in [0.4, 0.5) is 5.00 Å². The maximum absolute atomic E-state index is 10.7. The number of thioether (sulfide) groups is 1. The van der Waals surface area contributed by atoms with Gasteiger partial charge in [-0.2, -0.15) is 0 Å². The Morgan fingerprint density at radius 3 is 2.85 bits per heavy atom. The van der Waals surface area contributed by atoms with Gasteiger partial charge in [0.1, 0.15) is 0 Å². The van der Waals surface area contributed by atoms with Crippen LogP contribution in [0.1, 0.15) is 6.92 Å². The molecule has 0 aliphatic rings. The quantitative estimate of drug-likeness (QED) is 0.493. The van der Waals surface area contributed by atoms with Gasteiger partial charge >= 0.3 is 11.0 Å². The summed E-state index contributed by atoms with van der Waals surface area (Å²) in [6.07, 6.45) is 0. The van der Waals surface area contributed by atoms with E-state index in [0.29, 0.717) is 22.4 Å². The van der Waals surface area contributed by atoms with E-state index < -0.39 is 10.9 Å². The summed E-state index contributed by atoms with van der Waals surface area (Å²) in [6, 6.07) is 3.03. The molecule has 0 amide bonds. The summed E-state index contributed by atoms with van der Waals surface area (Å²) in [7, 11) is 0. The number of nitro groups is 1. The number of aliphatic carboxylic acids is 1. The topological polar surface area (TPSA) is 111 Å². The van der Waals surface area contributed by atoms with Crippen molar-refractivity contribution in [3.05, 3.63) is 22.2 Å². The van der Waals surface area contributed by atoms with Gasteiger partial charge in [0.25, 0.3) is 0 Å². The number of carboxylic acids is 1. The second-order valence-electron chi connectivity index (χ2n) is 3.63. The van der Waals surface area contributed by atoms with Gasteiger partial charge < -0.3 is 9.67 Å². The first kappa shape index (κ1) is 14.5. The Bertz CT molecular complexity index is 651. The van der Waals surface area contributed by atoms with Crippen LogP contribution in [-0.4, -0.2) is 36.5 Å². The lowest BCUT2D eigenvalue weighted by atomic mass is 10.4. The van der Waals surface area contributed by atoms with Gasteiger partial charge in [-0.25, -0.2) is 0 Å². The molecule has 0 radical (unpaired) electrons. The molecule has 2 aromatic rings. The maximum Gasteiger partial charge on any atom is 0.324 e. The van der Waals surface area contributed by atoms with Crippen LogP contribution >= 0.6 is 23.1 Å². The van der Waals surface area contributed by atoms with Gasteiger partial charge in [0.15, 0.2) is 11.0 Å². The van der Waals surface area contributed by atoms with E-state index in [4.69, 9.17) is 5.11 Å². The SMILES string of the molecule is CCn1c(SCC(=O)O)nnc1-c1ccc([N+](=O)[O-])s1. The second kappa shape index (κ2) is 6.01. The van der Waals surface area contributed by atoms with Crippen molar-refractivity contribution >= 4 is 34.1 Å². The normalized spacial score (nSPS) is 10.7. The maximum atomic E-state index is 10.7. The summed E-state index contributed by atoms with van der Waals surface area (Å²) >= 11 is 2.08. The van der Waals surface area contributed by atoms with E-state index in [0.717, 1.165) is 23.1 Å². The molecule has 0 spiro atoms. The van der Waals surface area contributed by atoms with Gasteiger partial charge in [0.05, 0.1) is 15.6 Å². The Balaban J connectivity index is 2.31. The summed E-state index contributed by atoms with van der Waals surface area (Å²) in [6.45, 7) is 2.43. The Kier molecular flexibility index (Phi) is 4.35. The lowest BCUT2D eigenvalue weighted by Crippen LogP contribution is -2.02. The molecule has 0 aliphatic carbocycles. The van der Waals surface area contributed by atoms with Crippen LogP contribution < -0.4 is 0 Å². The van der Waals surface area contributed by atoms with E-state index >= 15 is 0 Å². The fraction of sp³-hybridized carbons (Fsp3) is 0.300. The van der Waals surface area contributed by atoms with Crippen LogP contribution in [0.5, 0.6) is 0 Å². The molecular weight excluding hydrogens is 304 g/mol. The van der Waals surface area contributed by atoms with Crippen molar-refractivity contribution in [2.45, 2.75) is 18.6 Å². The molecule has 2 aromatic heterocycles. The first-order chi connectivity index (χ1) is 9.52. The highest BCUT2D eigenvalue weighted by Gasteiger charge is 2.18. The van der Waals surface area contributed by atoms with Crippen LogP contribution in [0.3, 0.4) is 0 Å². The summed E-state index contributed by atoms with van der Waals surface area (Å²) in [4.78, 5) is 21.4. The third-order valence-electron chi connectivity index (χ3n) is 2.35. The van der Waals surface area contributed by atoms with Gasteiger partial charge in [0, 0.05) is 12.6 Å². The van der Waals surface area contributed by atoms with Gasteiger partial charge in [-0.1, -0.05) is 23.1 Å². The fourth-order valence-electron chi connectivity index (χ4n) is 1.54. The van der Waals surface area contributed by atoms with Crippen LogP contribution in [0.25, 0.3) is 10.7 Å². The molecule has 10 heteroatoms. The largest absolute Gasteiger partial charge is 0.481 e. The van der Waals surface area contributed by atoms with Crippen molar-refractivity contribution in [2.24, 2.45) is 0 Å². The van der Waals surface area contributed by atoms with Crippen molar-refractivity contribution in [2.75, 3.05) is 5.75 Å². The highest BCUT2D eigenvalue weighted by atomic mass is 32.2. The highest BCUT2D eigenvalue weighted by Crippen LogP contribution is 2.33. The molecule has 2 rings (SSSR count). The number of hydrogen-bond acceptors (Lipinski definition) is 7. The molecule has 8 nitrogen and oxygen atoms in total. The number of carboxylic acid groups (broad SMARTS) is 1. The van der Waals surface area contributed by atoms with E-state index in [1.54, 1.807) is 10.6 Å². The first-order valence-corrected chi connectivity index (χ1v) is 7.35. The number of rotatable bonds is 6. The van der Waals surface area contributed by atoms with Crippen molar-refractivity contribution in [3.63, 3.8) is 0 Å². The molecule has 0 aromatic carbocycles. The van der Waals surface area contributed by atoms with Crippen LogP contribution in [0.15, 0.2) is 17.3 Å². The van der Waals surface area contributed by atoms with Crippen molar-refractivity contribution < 1.29 is 14.8 Å². The summed E-state index contributed by atoms with van der Waals surface area (Å²) in [5, 5.41) is 27.8. The third kappa shape index (κ3) is 2.96. The number of nitrogens with zero attached hydrogens (tertiary/aromatic N) is 4. The average Bonchev–Trinajstić information content (AvgIpc) is 3.02. The molecule has 0 saturated heterocycles. The van der Waals surface area contributed by atoms with Crippen molar-refractivity contribution in [1.29, 1.82) is 0 Å². The predicted molar refractivity (Wildman–Crippen MR) is 74.0 cm³/mol.